The molecule has 0 radical (unpaired) electrons. The molecule has 126 valence electrons. The fourth-order valence-corrected chi connectivity index (χ4v) is 3.70. The van der Waals surface area contributed by atoms with E-state index < -0.39 is 5.60 Å². The van der Waals surface area contributed by atoms with E-state index in [1.165, 1.54) is 22.2 Å². The molecule has 2 unspecified atom stereocenters. The van der Waals surface area contributed by atoms with E-state index >= 15 is 0 Å². The molecule has 1 aliphatic rings. The number of aliphatic hydroxyl groups is 1. The largest absolute Gasteiger partial charge is 0.463 e. The van der Waals surface area contributed by atoms with Gasteiger partial charge in [0.1, 0.15) is 17.1 Å². The Bertz CT molecular complexity index is 860. The number of furan rings is 1. The van der Waals surface area contributed by atoms with E-state index in [4.69, 9.17) is 4.42 Å². The summed E-state index contributed by atoms with van der Waals surface area (Å²) in [4.78, 5) is 3.55. The maximum atomic E-state index is 10.7. The van der Waals surface area contributed by atoms with Crippen molar-refractivity contribution in [3.63, 3.8) is 0 Å². The summed E-state index contributed by atoms with van der Waals surface area (Å²) in [6, 6.07) is 12.6. The lowest BCUT2D eigenvalue weighted by Gasteiger charge is -2.28. The Morgan fingerprint density at radius 2 is 2.12 bits per heavy atom. The first-order valence-corrected chi connectivity index (χ1v) is 8.64. The fourth-order valence-electron chi connectivity index (χ4n) is 3.70. The smallest absolute Gasteiger partial charge is 0.136 e. The minimum Gasteiger partial charge on any atom is -0.463 e. The molecule has 24 heavy (non-hydrogen) atoms. The molecule has 0 aliphatic heterocycles. The van der Waals surface area contributed by atoms with E-state index in [1.807, 2.05) is 19.1 Å². The Morgan fingerprint density at radius 3 is 2.92 bits per heavy atom. The van der Waals surface area contributed by atoms with Gasteiger partial charge in [0, 0.05) is 29.2 Å². The van der Waals surface area contributed by atoms with Crippen LogP contribution in [0.5, 0.6) is 0 Å². The first kappa shape index (κ1) is 15.5. The van der Waals surface area contributed by atoms with Gasteiger partial charge in [-0.25, -0.2) is 0 Å². The highest BCUT2D eigenvalue weighted by Crippen LogP contribution is 2.29. The standard InChI is InChI=1S/C20H24N2O2/c1-13-7-10-19(24-13)20(2,23)12-21-14-8-9-18-16(11-14)15-5-3-4-6-17(15)22-18/h3-7,10,14,21-23H,8-9,11-12H2,1-2H3. The van der Waals surface area contributed by atoms with E-state index in [0.29, 0.717) is 18.3 Å². The third kappa shape index (κ3) is 2.76. The van der Waals surface area contributed by atoms with Gasteiger partial charge in [-0.3, -0.25) is 0 Å². The molecule has 2 aromatic heterocycles. The van der Waals surface area contributed by atoms with Crippen molar-refractivity contribution in [2.24, 2.45) is 0 Å². The lowest BCUT2D eigenvalue weighted by molar-refractivity contribution is 0.0304. The molecule has 0 amide bonds. The maximum Gasteiger partial charge on any atom is 0.136 e. The predicted molar refractivity (Wildman–Crippen MR) is 95.1 cm³/mol. The van der Waals surface area contributed by atoms with Gasteiger partial charge in [-0.1, -0.05) is 18.2 Å². The molecule has 1 aromatic carbocycles. The second-order valence-electron chi connectivity index (χ2n) is 7.13. The molecular weight excluding hydrogens is 300 g/mol. The van der Waals surface area contributed by atoms with Gasteiger partial charge < -0.3 is 19.8 Å². The lowest BCUT2D eigenvalue weighted by atomic mass is 9.91. The summed E-state index contributed by atoms with van der Waals surface area (Å²) in [5, 5.41) is 15.6. The maximum absolute atomic E-state index is 10.7. The van der Waals surface area contributed by atoms with E-state index in [1.54, 1.807) is 6.92 Å². The average molecular weight is 324 g/mol. The number of nitrogens with one attached hydrogen (secondary N) is 2. The van der Waals surface area contributed by atoms with Crippen LogP contribution in [0.4, 0.5) is 0 Å². The fraction of sp³-hybridized carbons (Fsp3) is 0.400. The molecule has 0 saturated carbocycles. The quantitative estimate of drug-likeness (QED) is 0.689. The minimum atomic E-state index is -0.991. The molecule has 3 aromatic rings. The third-order valence-electron chi connectivity index (χ3n) is 5.10. The number of aromatic amines is 1. The Labute approximate surface area is 141 Å². The van der Waals surface area contributed by atoms with Crippen LogP contribution in [-0.2, 0) is 18.4 Å². The van der Waals surface area contributed by atoms with Gasteiger partial charge in [-0.2, -0.15) is 0 Å². The molecule has 3 N–H and O–H groups in total. The molecule has 4 heteroatoms. The van der Waals surface area contributed by atoms with Gasteiger partial charge >= 0.3 is 0 Å². The highest BCUT2D eigenvalue weighted by Gasteiger charge is 2.29. The summed E-state index contributed by atoms with van der Waals surface area (Å²) < 4.78 is 5.59. The van der Waals surface area contributed by atoms with Crippen molar-refractivity contribution < 1.29 is 9.52 Å². The first-order chi connectivity index (χ1) is 11.5. The van der Waals surface area contributed by atoms with Crippen LogP contribution >= 0.6 is 0 Å². The highest BCUT2D eigenvalue weighted by atomic mass is 16.4. The molecule has 0 spiro atoms. The van der Waals surface area contributed by atoms with Gasteiger partial charge in [0.15, 0.2) is 0 Å². The normalized spacial score (nSPS) is 20.0. The van der Waals surface area contributed by atoms with Crippen molar-refractivity contribution in [3.8, 4) is 0 Å². The van der Waals surface area contributed by atoms with Crippen LogP contribution in [0.15, 0.2) is 40.8 Å². The number of aryl methyl sites for hydroxylation is 2. The summed E-state index contributed by atoms with van der Waals surface area (Å²) in [7, 11) is 0. The van der Waals surface area contributed by atoms with Crippen molar-refractivity contribution >= 4 is 10.9 Å². The molecule has 4 nitrogen and oxygen atoms in total. The zero-order chi connectivity index (χ0) is 16.7. The summed E-state index contributed by atoms with van der Waals surface area (Å²) >= 11 is 0. The van der Waals surface area contributed by atoms with Crippen molar-refractivity contribution in [1.29, 1.82) is 0 Å². The highest BCUT2D eigenvalue weighted by molar-refractivity contribution is 5.84. The Kier molecular flexibility index (Phi) is 3.74. The van der Waals surface area contributed by atoms with E-state index in [-0.39, 0.29) is 0 Å². The second kappa shape index (κ2) is 5.80. The molecule has 4 rings (SSSR count). The van der Waals surface area contributed by atoms with Gasteiger partial charge in [0.25, 0.3) is 0 Å². The number of H-pyrrole nitrogens is 1. The number of aromatic nitrogens is 1. The molecule has 0 saturated heterocycles. The second-order valence-corrected chi connectivity index (χ2v) is 7.13. The monoisotopic (exact) mass is 324 g/mol. The number of hydrogen-bond acceptors (Lipinski definition) is 3. The van der Waals surface area contributed by atoms with Crippen molar-refractivity contribution in [1.82, 2.24) is 10.3 Å². The van der Waals surface area contributed by atoms with Crippen molar-refractivity contribution in [3.05, 3.63) is 59.2 Å². The van der Waals surface area contributed by atoms with Gasteiger partial charge in [-0.05, 0) is 56.9 Å². The van der Waals surface area contributed by atoms with E-state index in [9.17, 15) is 5.11 Å². The van der Waals surface area contributed by atoms with Crippen LogP contribution in [0.1, 0.15) is 36.1 Å². The van der Waals surface area contributed by atoms with Crippen LogP contribution in [0, 0.1) is 6.92 Å². The Balaban J connectivity index is 1.47. The summed E-state index contributed by atoms with van der Waals surface area (Å²) in [6.45, 7) is 4.19. The average Bonchev–Trinajstić information content (AvgIpc) is 3.17. The number of rotatable bonds is 4. The molecule has 1 aliphatic carbocycles. The van der Waals surface area contributed by atoms with Gasteiger partial charge in [-0.15, -0.1) is 0 Å². The van der Waals surface area contributed by atoms with Gasteiger partial charge in [0.2, 0.25) is 0 Å². The van der Waals surface area contributed by atoms with Crippen LogP contribution in [0.25, 0.3) is 10.9 Å². The molecule has 0 fully saturated rings. The zero-order valence-corrected chi connectivity index (χ0v) is 14.2. The Hall–Kier alpha value is -2.04. The third-order valence-corrected chi connectivity index (χ3v) is 5.10. The summed E-state index contributed by atoms with van der Waals surface area (Å²) in [5.41, 5.74) is 3.01. The molecule has 0 bridgehead atoms. The first-order valence-electron chi connectivity index (χ1n) is 8.64. The van der Waals surface area contributed by atoms with E-state index in [2.05, 4.69) is 34.6 Å². The summed E-state index contributed by atoms with van der Waals surface area (Å²) in [6.07, 6.45) is 3.11. The molecule has 2 atom stereocenters. The van der Waals surface area contributed by atoms with Crippen LogP contribution in [-0.4, -0.2) is 22.7 Å². The van der Waals surface area contributed by atoms with E-state index in [0.717, 1.165) is 25.0 Å². The predicted octanol–water partition coefficient (Wildman–Crippen LogP) is 3.42. The Morgan fingerprint density at radius 1 is 1.29 bits per heavy atom. The van der Waals surface area contributed by atoms with Crippen LogP contribution in [0.2, 0.25) is 0 Å². The molecule has 2 heterocycles. The SMILES string of the molecule is Cc1ccc(C(C)(O)CNC2CCc3[nH]c4ccccc4c3C2)o1. The van der Waals surface area contributed by atoms with Crippen molar-refractivity contribution in [2.45, 2.75) is 44.8 Å². The summed E-state index contributed by atoms with van der Waals surface area (Å²) in [5.74, 6) is 1.45. The number of para-hydroxylation sites is 1. The van der Waals surface area contributed by atoms with Crippen LogP contribution in [0.3, 0.4) is 0 Å². The lowest BCUT2D eigenvalue weighted by Crippen LogP contribution is -2.43. The number of hydrogen-bond donors (Lipinski definition) is 3. The zero-order valence-electron chi connectivity index (χ0n) is 14.2. The van der Waals surface area contributed by atoms with Gasteiger partial charge in [0.05, 0.1) is 0 Å². The topological polar surface area (TPSA) is 61.2 Å². The minimum absolute atomic E-state index is 0.374. The van der Waals surface area contributed by atoms with Crippen LogP contribution < -0.4 is 5.32 Å². The number of benzene rings is 1. The molecular formula is C20H24N2O2. The number of fused-ring (bicyclic) bond motifs is 3. The van der Waals surface area contributed by atoms with Crippen molar-refractivity contribution in [2.75, 3.05) is 6.54 Å².